The van der Waals surface area contributed by atoms with Crippen molar-refractivity contribution in [1.82, 2.24) is 9.78 Å². The van der Waals surface area contributed by atoms with Gasteiger partial charge in [0.05, 0.1) is 11.4 Å². The third-order valence-electron chi connectivity index (χ3n) is 2.55. The van der Waals surface area contributed by atoms with Crippen molar-refractivity contribution in [3.8, 4) is 0 Å². The van der Waals surface area contributed by atoms with E-state index in [-0.39, 0.29) is 0 Å². The van der Waals surface area contributed by atoms with Crippen molar-refractivity contribution in [2.24, 2.45) is 21.9 Å². The average molecular weight is 205 g/mol. The van der Waals surface area contributed by atoms with Gasteiger partial charge in [-0.25, -0.2) is 0 Å². The van der Waals surface area contributed by atoms with Gasteiger partial charge in [-0.1, -0.05) is 6.92 Å². The van der Waals surface area contributed by atoms with Gasteiger partial charge in [0.25, 0.3) is 0 Å². The number of hydrogen-bond donors (Lipinski definition) is 1. The molecular formula is C10H15N5. The fraction of sp³-hybridized carbons (Fsp3) is 0.500. The molecule has 2 heterocycles. The monoisotopic (exact) mass is 205 g/mol. The second kappa shape index (κ2) is 3.84. The number of rotatable bonds is 2. The van der Waals surface area contributed by atoms with Gasteiger partial charge >= 0.3 is 0 Å². The summed E-state index contributed by atoms with van der Waals surface area (Å²) >= 11 is 0. The quantitative estimate of drug-likeness (QED) is 0.782. The fourth-order valence-electron chi connectivity index (χ4n) is 1.77. The van der Waals surface area contributed by atoms with Crippen molar-refractivity contribution < 1.29 is 0 Å². The summed E-state index contributed by atoms with van der Waals surface area (Å²) in [5.41, 5.74) is 7.65. The van der Waals surface area contributed by atoms with Crippen LogP contribution in [0.1, 0.15) is 26.0 Å². The lowest BCUT2D eigenvalue weighted by Gasteiger charge is -2.17. The van der Waals surface area contributed by atoms with E-state index in [4.69, 9.17) is 5.73 Å². The summed E-state index contributed by atoms with van der Waals surface area (Å²) < 4.78 is 1.92. The lowest BCUT2D eigenvalue weighted by molar-refractivity contribution is 0.645. The Hall–Kier alpha value is -1.65. The lowest BCUT2D eigenvalue weighted by atomic mass is 9.98. The molecule has 1 aliphatic rings. The fourth-order valence-corrected chi connectivity index (χ4v) is 1.77. The summed E-state index contributed by atoms with van der Waals surface area (Å²) in [5.74, 6) is 0.915. The third kappa shape index (κ3) is 1.77. The SMILES string of the molecule is CCn1nccc1C1=NN=C(N)CC1C. The van der Waals surface area contributed by atoms with Crippen LogP contribution in [0.15, 0.2) is 22.5 Å². The second-order valence-corrected chi connectivity index (χ2v) is 3.71. The zero-order chi connectivity index (χ0) is 10.8. The maximum Gasteiger partial charge on any atom is 0.123 e. The first-order valence-electron chi connectivity index (χ1n) is 5.14. The van der Waals surface area contributed by atoms with E-state index in [1.54, 1.807) is 6.20 Å². The topological polar surface area (TPSA) is 68.6 Å². The standard InChI is InChI=1S/C10H15N5/c1-3-15-8(4-5-12-15)10-7(2)6-9(11)13-14-10/h4-5,7H,3,6H2,1-2H3,(H2,11,13). The van der Waals surface area contributed by atoms with Crippen LogP contribution in [0.4, 0.5) is 0 Å². The van der Waals surface area contributed by atoms with E-state index in [1.807, 2.05) is 10.7 Å². The van der Waals surface area contributed by atoms with Crippen molar-refractivity contribution in [3.05, 3.63) is 18.0 Å². The normalized spacial score (nSPS) is 21.1. The third-order valence-corrected chi connectivity index (χ3v) is 2.55. The van der Waals surface area contributed by atoms with E-state index in [0.717, 1.165) is 24.4 Å². The highest BCUT2D eigenvalue weighted by atomic mass is 15.3. The molecular weight excluding hydrogens is 190 g/mol. The van der Waals surface area contributed by atoms with E-state index in [9.17, 15) is 0 Å². The maximum absolute atomic E-state index is 5.63. The predicted molar refractivity (Wildman–Crippen MR) is 59.8 cm³/mol. The van der Waals surface area contributed by atoms with Crippen molar-refractivity contribution >= 4 is 11.5 Å². The molecule has 0 amide bonds. The molecule has 0 spiro atoms. The minimum atomic E-state index is 0.310. The molecule has 80 valence electrons. The van der Waals surface area contributed by atoms with Crippen LogP contribution in [0, 0.1) is 5.92 Å². The van der Waals surface area contributed by atoms with Crippen LogP contribution in [0.2, 0.25) is 0 Å². The number of aryl methyl sites for hydroxylation is 1. The summed E-state index contributed by atoms with van der Waals surface area (Å²) in [7, 11) is 0. The first kappa shape index (κ1) is 9.89. The summed E-state index contributed by atoms with van der Waals surface area (Å²) in [5, 5.41) is 12.3. The van der Waals surface area contributed by atoms with Gasteiger partial charge in [-0.15, -0.1) is 5.10 Å². The van der Waals surface area contributed by atoms with Crippen molar-refractivity contribution in [1.29, 1.82) is 0 Å². The van der Waals surface area contributed by atoms with E-state index in [0.29, 0.717) is 11.8 Å². The van der Waals surface area contributed by atoms with Gasteiger partial charge < -0.3 is 5.73 Å². The smallest absolute Gasteiger partial charge is 0.123 e. The highest BCUT2D eigenvalue weighted by Crippen LogP contribution is 2.17. The summed E-state index contributed by atoms with van der Waals surface area (Å²) in [6, 6.07) is 1.97. The van der Waals surface area contributed by atoms with Crippen molar-refractivity contribution in [3.63, 3.8) is 0 Å². The van der Waals surface area contributed by atoms with Crippen LogP contribution in [0.5, 0.6) is 0 Å². The van der Waals surface area contributed by atoms with Crippen molar-refractivity contribution in [2.75, 3.05) is 0 Å². The molecule has 0 saturated heterocycles. The van der Waals surface area contributed by atoms with Gasteiger partial charge in [-0.2, -0.15) is 10.2 Å². The van der Waals surface area contributed by atoms with E-state index in [2.05, 4.69) is 29.1 Å². The molecule has 1 aromatic rings. The van der Waals surface area contributed by atoms with Crippen LogP contribution >= 0.6 is 0 Å². The zero-order valence-electron chi connectivity index (χ0n) is 9.01. The number of aromatic nitrogens is 2. The Balaban J connectivity index is 2.38. The number of hydrogen-bond acceptors (Lipinski definition) is 4. The molecule has 0 fully saturated rings. The maximum atomic E-state index is 5.63. The zero-order valence-corrected chi connectivity index (χ0v) is 9.01. The largest absolute Gasteiger partial charge is 0.386 e. The van der Waals surface area contributed by atoms with Crippen LogP contribution in [0.3, 0.4) is 0 Å². The molecule has 0 bridgehead atoms. The molecule has 1 unspecified atom stereocenters. The number of nitrogens with zero attached hydrogens (tertiary/aromatic N) is 4. The van der Waals surface area contributed by atoms with E-state index >= 15 is 0 Å². The van der Waals surface area contributed by atoms with E-state index in [1.165, 1.54) is 0 Å². The van der Waals surface area contributed by atoms with Gasteiger partial charge in [-0.3, -0.25) is 4.68 Å². The number of amidine groups is 1. The molecule has 0 saturated carbocycles. The van der Waals surface area contributed by atoms with Crippen molar-refractivity contribution in [2.45, 2.75) is 26.8 Å². The highest BCUT2D eigenvalue weighted by Gasteiger charge is 2.20. The van der Waals surface area contributed by atoms with Gasteiger partial charge in [-0.05, 0) is 13.0 Å². The molecule has 0 aromatic carbocycles. The average Bonchev–Trinajstić information content (AvgIpc) is 2.65. The first-order valence-corrected chi connectivity index (χ1v) is 5.14. The second-order valence-electron chi connectivity index (χ2n) is 3.71. The first-order chi connectivity index (χ1) is 7.22. The highest BCUT2D eigenvalue weighted by molar-refractivity contribution is 6.04. The Bertz CT molecular complexity index is 415. The van der Waals surface area contributed by atoms with Crippen LogP contribution in [-0.2, 0) is 6.54 Å². The Morgan fingerprint density at radius 1 is 1.53 bits per heavy atom. The molecule has 5 heteroatoms. The van der Waals surface area contributed by atoms with Gasteiger partial charge in [0.15, 0.2) is 0 Å². The van der Waals surface area contributed by atoms with Gasteiger partial charge in [0, 0.05) is 25.1 Å². The Labute approximate surface area is 88.7 Å². The molecule has 1 aromatic heterocycles. The Kier molecular flexibility index (Phi) is 2.53. The molecule has 0 aliphatic carbocycles. The molecule has 2 rings (SSSR count). The molecule has 1 atom stereocenters. The molecule has 1 aliphatic heterocycles. The summed E-state index contributed by atoms with van der Waals surface area (Å²) in [6.07, 6.45) is 2.56. The van der Waals surface area contributed by atoms with Crippen LogP contribution in [-0.4, -0.2) is 21.3 Å². The Morgan fingerprint density at radius 2 is 2.33 bits per heavy atom. The van der Waals surface area contributed by atoms with Gasteiger partial charge in [0.1, 0.15) is 5.84 Å². The molecule has 5 nitrogen and oxygen atoms in total. The Morgan fingerprint density at radius 3 is 3.00 bits per heavy atom. The molecule has 2 N–H and O–H groups in total. The predicted octanol–water partition coefficient (Wildman–Crippen LogP) is 1.00. The summed E-state index contributed by atoms with van der Waals surface area (Å²) in [4.78, 5) is 0. The number of nitrogens with two attached hydrogens (primary N) is 1. The van der Waals surface area contributed by atoms with Crippen LogP contribution in [0.25, 0.3) is 0 Å². The molecule has 0 radical (unpaired) electrons. The van der Waals surface area contributed by atoms with Gasteiger partial charge in [0.2, 0.25) is 0 Å². The minimum absolute atomic E-state index is 0.310. The van der Waals surface area contributed by atoms with Crippen LogP contribution < -0.4 is 5.73 Å². The minimum Gasteiger partial charge on any atom is -0.386 e. The summed E-state index contributed by atoms with van der Waals surface area (Å²) in [6.45, 7) is 5.00. The van der Waals surface area contributed by atoms with E-state index < -0.39 is 0 Å². The molecule has 15 heavy (non-hydrogen) atoms. The lowest BCUT2D eigenvalue weighted by Crippen LogP contribution is -2.26.